The van der Waals surface area contributed by atoms with Crippen LogP contribution in [-0.4, -0.2) is 55.5 Å². The second-order valence-electron chi connectivity index (χ2n) is 7.82. The maximum absolute atomic E-state index is 12.2. The summed E-state index contributed by atoms with van der Waals surface area (Å²) in [5.41, 5.74) is 4.81. The molecule has 0 spiro atoms. The lowest BCUT2D eigenvalue weighted by Crippen LogP contribution is -2.48. The van der Waals surface area contributed by atoms with Crippen LogP contribution in [0.5, 0.6) is 0 Å². The summed E-state index contributed by atoms with van der Waals surface area (Å²) in [4.78, 5) is 35.8. The van der Waals surface area contributed by atoms with E-state index in [9.17, 15) is 19.5 Å². The quantitative estimate of drug-likeness (QED) is 0.504. The molecule has 2 aromatic carbocycles. The van der Waals surface area contributed by atoms with E-state index in [1.54, 1.807) is 6.92 Å². The summed E-state index contributed by atoms with van der Waals surface area (Å²) < 4.78 is 10.4. The highest BCUT2D eigenvalue weighted by molar-refractivity contribution is 5.95. The van der Waals surface area contributed by atoms with Gasteiger partial charge in [-0.2, -0.15) is 0 Å². The van der Waals surface area contributed by atoms with Gasteiger partial charge in [-0.15, -0.1) is 0 Å². The van der Waals surface area contributed by atoms with Gasteiger partial charge in [0.25, 0.3) is 0 Å². The second-order valence-corrected chi connectivity index (χ2v) is 7.82. The largest absolute Gasteiger partial charge is 0.480 e. The first-order valence-electron chi connectivity index (χ1n) is 10.7. The molecule has 2 aromatic rings. The number of alkyl carbamates (subject to hydrolysis) is 1. The molecule has 0 aromatic heterocycles. The molecule has 0 heterocycles. The van der Waals surface area contributed by atoms with E-state index in [-0.39, 0.29) is 24.6 Å². The van der Waals surface area contributed by atoms with Gasteiger partial charge in [-0.1, -0.05) is 54.6 Å². The number of hydrogen-bond donors (Lipinski definition) is 3. The first-order valence-corrected chi connectivity index (χ1v) is 10.7. The topological polar surface area (TPSA) is 114 Å². The fourth-order valence-corrected chi connectivity index (χ4v) is 3.80. The highest BCUT2D eigenvalue weighted by Gasteiger charge is 2.29. The van der Waals surface area contributed by atoms with Crippen molar-refractivity contribution in [3.63, 3.8) is 0 Å². The van der Waals surface area contributed by atoms with E-state index < -0.39 is 30.1 Å². The first kappa shape index (κ1) is 24.0. The summed E-state index contributed by atoms with van der Waals surface area (Å²) in [7, 11) is 1.37. The highest BCUT2D eigenvalue weighted by Crippen LogP contribution is 2.44. The van der Waals surface area contributed by atoms with Gasteiger partial charge >= 0.3 is 12.1 Å². The van der Waals surface area contributed by atoms with Crippen LogP contribution in [0, 0.1) is 0 Å². The van der Waals surface area contributed by atoms with E-state index in [2.05, 4.69) is 22.8 Å². The van der Waals surface area contributed by atoms with E-state index in [1.807, 2.05) is 36.4 Å². The van der Waals surface area contributed by atoms with Crippen LogP contribution in [-0.2, 0) is 19.1 Å². The molecule has 0 bridgehead atoms. The summed E-state index contributed by atoms with van der Waals surface area (Å²) in [5.74, 6) is -1.79. The average molecular weight is 453 g/mol. The molecule has 0 fully saturated rings. The van der Waals surface area contributed by atoms with Gasteiger partial charge in [-0.25, -0.2) is 9.59 Å². The molecule has 0 aliphatic heterocycles. The van der Waals surface area contributed by atoms with Crippen molar-refractivity contribution in [2.75, 3.05) is 20.3 Å². The molecule has 0 saturated heterocycles. The Bertz CT molecular complexity index is 1020. The molecule has 2 amide bonds. The molecule has 174 valence electrons. The zero-order valence-corrected chi connectivity index (χ0v) is 18.8. The van der Waals surface area contributed by atoms with Crippen molar-refractivity contribution in [3.8, 4) is 11.1 Å². The molecule has 0 radical (unpaired) electrons. The number of carbonyl (C=O) groups is 3. The van der Waals surface area contributed by atoms with Gasteiger partial charge in [0.15, 0.2) is 6.04 Å². The van der Waals surface area contributed by atoms with Gasteiger partial charge in [0.2, 0.25) is 5.91 Å². The minimum Gasteiger partial charge on any atom is -0.480 e. The molecule has 0 unspecified atom stereocenters. The number of hydrogen-bond acceptors (Lipinski definition) is 5. The molecule has 2 atom stereocenters. The lowest BCUT2D eigenvalue weighted by Gasteiger charge is -2.20. The Labute approximate surface area is 192 Å². The van der Waals surface area contributed by atoms with Crippen LogP contribution in [0.1, 0.15) is 30.9 Å². The second kappa shape index (κ2) is 10.8. The van der Waals surface area contributed by atoms with E-state index in [1.165, 1.54) is 20.1 Å². The van der Waals surface area contributed by atoms with Crippen molar-refractivity contribution in [2.24, 2.45) is 0 Å². The van der Waals surface area contributed by atoms with Crippen LogP contribution in [0.4, 0.5) is 4.79 Å². The summed E-state index contributed by atoms with van der Waals surface area (Å²) in [5, 5.41) is 14.2. The van der Waals surface area contributed by atoms with Crippen LogP contribution < -0.4 is 10.6 Å². The number of carboxylic acid groups (broad SMARTS) is 1. The number of aliphatic carboxylic acids is 1. The van der Waals surface area contributed by atoms with E-state index >= 15 is 0 Å². The molecule has 3 rings (SSSR count). The van der Waals surface area contributed by atoms with Crippen LogP contribution in [0.2, 0.25) is 0 Å². The third-order valence-electron chi connectivity index (χ3n) is 5.75. The van der Waals surface area contributed by atoms with E-state index in [0.29, 0.717) is 0 Å². The van der Waals surface area contributed by atoms with Gasteiger partial charge in [0.05, 0.1) is 6.10 Å². The summed E-state index contributed by atoms with van der Waals surface area (Å²) in [6, 6.07) is 15.0. The Hall–Kier alpha value is -3.65. The molecular weight excluding hydrogens is 424 g/mol. The minimum absolute atomic E-state index is 0.0399. The van der Waals surface area contributed by atoms with Crippen LogP contribution in [0.3, 0.4) is 0 Å². The average Bonchev–Trinajstić information content (AvgIpc) is 3.14. The Balaban J connectivity index is 1.52. The lowest BCUT2D eigenvalue weighted by molar-refractivity contribution is -0.144. The molecule has 8 heteroatoms. The van der Waals surface area contributed by atoms with Gasteiger partial charge in [-0.3, -0.25) is 4.79 Å². The number of fused-ring (bicyclic) bond motifs is 3. The van der Waals surface area contributed by atoms with Gasteiger partial charge in [0.1, 0.15) is 6.61 Å². The molecule has 3 N–H and O–H groups in total. The van der Waals surface area contributed by atoms with Crippen LogP contribution >= 0.6 is 0 Å². The zero-order chi connectivity index (χ0) is 24.0. The number of benzene rings is 2. The predicted molar refractivity (Wildman–Crippen MR) is 123 cm³/mol. The number of amides is 2. The highest BCUT2D eigenvalue weighted by atomic mass is 16.5. The molecule has 8 nitrogen and oxygen atoms in total. The number of nitrogens with one attached hydrogen (secondary N) is 2. The Kier molecular flexibility index (Phi) is 7.84. The van der Waals surface area contributed by atoms with Crippen LogP contribution in [0.25, 0.3) is 11.1 Å². The fourth-order valence-electron chi connectivity index (χ4n) is 3.80. The molecule has 33 heavy (non-hydrogen) atoms. The SMILES string of the molecule is CO[C@H](C)[C@H](NC(=O)/C(C)=C/CNC(=O)OCC1c2ccccc2-c2ccccc21)C(=O)O. The Morgan fingerprint density at radius 2 is 1.64 bits per heavy atom. The van der Waals surface area contributed by atoms with Gasteiger partial charge in [-0.05, 0) is 36.1 Å². The summed E-state index contributed by atoms with van der Waals surface area (Å²) in [6.45, 7) is 3.34. The van der Waals surface area contributed by atoms with Crippen molar-refractivity contribution < 1.29 is 29.0 Å². The number of rotatable bonds is 9. The standard InChI is InChI=1S/C25H28N2O6/c1-15(23(28)27-22(24(29)30)16(2)32-3)12-13-26-25(31)33-14-21-19-10-6-4-8-17(19)18-9-5-7-11-20(18)21/h4-12,16,21-22H,13-14H2,1-3H3,(H,26,31)(H,27,28)(H,29,30)/b15-12+/t16-,22+/m1/s1. The first-order chi connectivity index (χ1) is 15.8. The molecular formula is C25H28N2O6. The number of carboxylic acids is 1. The van der Waals surface area contributed by atoms with Gasteiger partial charge < -0.3 is 25.2 Å². The zero-order valence-electron chi connectivity index (χ0n) is 18.8. The molecule has 1 aliphatic rings. The third kappa shape index (κ3) is 5.59. The number of carbonyl (C=O) groups excluding carboxylic acids is 2. The monoisotopic (exact) mass is 452 g/mol. The molecule has 0 saturated carbocycles. The summed E-state index contributed by atoms with van der Waals surface area (Å²) in [6.07, 6.45) is 0.198. The summed E-state index contributed by atoms with van der Waals surface area (Å²) >= 11 is 0. The maximum Gasteiger partial charge on any atom is 0.407 e. The number of ether oxygens (including phenoxy) is 2. The fraction of sp³-hybridized carbons (Fsp3) is 0.320. The smallest absolute Gasteiger partial charge is 0.407 e. The Morgan fingerprint density at radius 3 is 2.18 bits per heavy atom. The van der Waals surface area contributed by atoms with E-state index in [4.69, 9.17) is 9.47 Å². The van der Waals surface area contributed by atoms with Crippen molar-refractivity contribution in [2.45, 2.75) is 31.9 Å². The minimum atomic E-state index is -1.19. The van der Waals surface area contributed by atoms with Crippen LogP contribution in [0.15, 0.2) is 60.2 Å². The normalized spacial score (nSPS) is 14.6. The third-order valence-corrected chi connectivity index (χ3v) is 5.75. The molecule has 1 aliphatic carbocycles. The Morgan fingerprint density at radius 1 is 1.06 bits per heavy atom. The van der Waals surface area contributed by atoms with Crippen molar-refractivity contribution in [3.05, 3.63) is 71.3 Å². The van der Waals surface area contributed by atoms with Crippen molar-refractivity contribution in [1.82, 2.24) is 10.6 Å². The maximum atomic E-state index is 12.2. The lowest BCUT2D eigenvalue weighted by atomic mass is 9.98. The van der Waals surface area contributed by atoms with Crippen molar-refractivity contribution >= 4 is 18.0 Å². The predicted octanol–water partition coefficient (Wildman–Crippen LogP) is 3.08. The van der Waals surface area contributed by atoms with Gasteiger partial charge in [0, 0.05) is 25.1 Å². The van der Waals surface area contributed by atoms with Crippen molar-refractivity contribution in [1.29, 1.82) is 0 Å². The number of methoxy groups -OCH3 is 1. The van der Waals surface area contributed by atoms with E-state index in [0.717, 1.165) is 22.3 Å².